The van der Waals surface area contributed by atoms with Crippen LogP contribution in [0.4, 0.5) is 10.1 Å². The number of benzene rings is 1. The van der Waals surface area contributed by atoms with E-state index in [1.807, 2.05) is 7.05 Å². The van der Waals surface area contributed by atoms with E-state index in [1.165, 1.54) is 18.2 Å². The Kier molecular flexibility index (Phi) is 2.81. The fraction of sp³-hybridized carbons (Fsp3) is 0.500. The Morgan fingerprint density at radius 2 is 2.00 bits per heavy atom. The third-order valence-corrected chi connectivity index (χ3v) is 5.38. The predicted molar refractivity (Wildman–Crippen MR) is 69.8 cm³/mol. The van der Waals surface area contributed by atoms with E-state index in [-0.39, 0.29) is 10.6 Å². The van der Waals surface area contributed by atoms with Crippen LogP contribution in [0.3, 0.4) is 0 Å². The van der Waals surface area contributed by atoms with Gasteiger partial charge in [0.25, 0.3) is 0 Å². The van der Waals surface area contributed by atoms with Crippen LogP contribution in [0.15, 0.2) is 23.1 Å². The van der Waals surface area contributed by atoms with Crippen LogP contribution in [0.5, 0.6) is 0 Å². The lowest BCUT2D eigenvalue weighted by molar-refractivity contribution is 0.194. The molecule has 0 atom stereocenters. The summed E-state index contributed by atoms with van der Waals surface area (Å²) in [7, 11) is -1.68. The lowest BCUT2D eigenvalue weighted by atomic mass is 9.97. The van der Waals surface area contributed by atoms with Crippen LogP contribution in [0, 0.1) is 5.82 Å². The molecule has 2 aliphatic heterocycles. The molecule has 2 N–H and O–H groups in total. The third-order valence-electron chi connectivity index (χ3n) is 3.80. The Balaban J connectivity index is 2.06. The van der Waals surface area contributed by atoms with Crippen molar-refractivity contribution in [3.05, 3.63) is 24.0 Å². The first kappa shape index (κ1) is 12.8. The average Bonchev–Trinajstić information content (AvgIpc) is 2.34. The lowest BCUT2D eigenvalue weighted by Crippen LogP contribution is -2.61. The Labute approximate surface area is 111 Å². The molecule has 1 aromatic carbocycles. The van der Waals surface area contributed by atoms with Crippen molar-refractivity contribution in [2.24, 2.45) is 0 Å². The van der Waals surface area contributed by atoms with Gasteiger partial charge >= 0.3 is 0 Å². The van der Waals surface area contributed by atoms with Gasteiger partial charge in [0, 0.05) is 13.1 Å². The molecule has 1 fully saturated rings. The fourth-order valence-corrected chi connectivity index (χ4v) is 4.21. The molecule has 0 bridgehead atoms. The molecule has 0 aliphatic carbocycles. The SMILES string of the molecule is CN1CCC2(CC1)Nc1c(F)cccc1S(=O)(=O)N2. The van der Waals surface area contributed by atoms with Gasteiger partial charge in [-0.05, 0) is 32.0 Å². The highest BCUT2D eigenvalue weighted by atomic mass is 32.2. The number of rotatable bonds is 0. The summed E-state index contributed by atoms with van der Waals surface area (Å²) < 4.78 is 41.0. The molecule has 0 radical (unpaired) electrons. The molecule has 1 spiro atoms. The average molecular weight is 285 g/mol. The fourth-order valence-electron chi connectivity index (χ4n) is 2.65. The molecule has 3 rings (SSSR count). The van der Waals surface area contributed by atoms with E-state index >= 15 is 0 Å². The molecule has 0 aromatic heterocycles. The number of likely N-dealkylation sites (tertiary alicyclic amines) is 1. The largest absolute Gasteiger partial charge is 0.363 e. The van der Waals surface area contributed by atoms with E-state index < -0.39 is 21.5 Å². The summed E-state index contributed by atoms with van der Waals surface area (Å²) in [6.07, 6.45) is 1.22. The van der Waals surface area contributed by atoms with Crippen LogP contribution in [0.1, 0.15) is 12.8 Å². The minimum absolute atomic E-state index is 0.0166. The van der Waals surface area contributed by atoms with Crippen molar-refractivity contribution in [2.45, 2.75) is 23.4 Å². The van der Waals surface area contributed by atoms with Gasteiger partial charge in [-0.15, -0.1) is 0 Å². The summed E-state index contributed by atoms with van der Waals surface area (Å²) in [5.74, 6) is -0.527. The smallest absolute Gasteiger partial charge is 0.244 e. The summed E-state index contributed by atoms with van der Waals surface area (Å²) in [5.41, 5.74) is -0.675. The predicted octanol–water partition coefficient (Wildman–Crippen LogP) is 0.951. The van der Waals surface area contributed by atoms with Crippen molar-refractivity contribution in [3.63, 3.8) is 0 Å². The maximum Gasteiger partial charge on any atom is 0.244 e. The second-order valence-electron chi connectivity index (χ2n) is 5.23. The first-order valence-electron chi connectivity index (χ1n) is 6.21. The van der Waals surface area contributed by atoms with E-state index in [0.29, 0.717) is 12.8 Å². The number of para-hydroxylation sites is 1. The topological polar surface area (TPSA) is 61.4 Å². The van der Waals surface area contributed by atoms with Crippen LogP contribution < -0.4 is 10.0 Å². The number of hydrogen-bond acceptors (Lipinski definition) is 4. The van der Waals surface area contributed by atoms with Crippen LogP contribution >= 0.6 is 0 Å². The molecule has 1 aromatic rings. The standard InChI is InChI=1S/C12H16FN3O2S/c1-16-7-5-12(6-8-16)14-11-9(13)3-2-4-10(11)19(17,18)15-12/h2-4,14-15H,5-8H2,1H3. The Bertz CT molecular complexity index is 609. The van der Waals surface area contributed by atoms with E-state index in [9.17, 15) is 12.8 Å². The first-order valence-corrected chi connectivity index (χ1v) is 7.69. The zero-order valence-corrected chi connectivity index (χ0v) is 11.4. The molecular formula is C12H16FN3O2S. The molecule has 7 heteroatoms. The van der Waals surface area contributed by atoms with Crippen molar-refractivity contribution >= 4 is 15.7 Å². The second-order valence-corrected chi connectivity index (χ2v) is 6.88. The van der Waals surface area contributed by atoms with Crippen LogP contribution in [-0.4, -0.2) is 39.1 Å². The van der Waals surface area contributed by atoms with Gasteiger partial charge in [-0.25, -0.2) is 12.8 Å². The Morgan fingerprint density at radius 1 is 1.32 bits per heavy atom. The normalized spacial score (nSPS) is 24.7. The molecule has 5 nitrogen and oxygen atoms in total. The van der Waals surface area contributed by atoms with Crippen LogP contribution in [0.2, 0.25) is 0 Å². The molecule has 19 heavy (non-hydrogen) atoms. The van der Waals surface area contributed by atoms with Gasteiger partial charge in [0.15, 0.2) is 0 Å². The van der Waals surface area contributed by atoms with Crippen molar-refractivity contribution in [1.82, 2.24) is 9.62 Å². The maximum absolute atomic E-state index is 13.9. The number of fused-ring (bicyclic) bond motifs is 1. The maximum atomic E-state index is 13.9. The Hall–Kier alpha value is -1.18. The monoisotopic (exact) mass is 285 g/mol. The van der Waals surface area contributed by atoms with Crippen LogP contribution in [-0.2, 0) is 10.0 Å². The van der Waals surface area contributed by atoms with E-state index in [2.05, 4.69) is 14.9 Å². The van der Waals surface area contributed by atoms with Crippen molar-refractivity contribution in [2.75, 3.05) is 25.5 Å². The molecule has 0 saturated carbocycles. The summed E-state index contributed by atoms with van der Waals surface area (Å²) in [5, 5.41) is 3.06. The van der Waals surface area contributed by atoms with Crippen molar-refractivity contribution in [3.8, 4) is 0 Å². The van der Waals surface area contributed by atoms with Crippen molar-refractivity contribution in [1.29, 1.82) is 0 Å². The number of sulfonamides is 1. The summed E-state index contributed by atoms with van der Waals surface area (Å²) in [6.45, 7) is 1.53. The highest BCUT2D eigenvalue weighted by Gasteiger charge is 2.43. The van der Waals surface area contributed by atoms with Gasteiger partial charge in [-0.2, -0.15) is 4.72 Å². The van der Waals surface area contributed by atoms with Gasteiger partial charge in [0.2, 0.25) is 10.0 Å². The molecule has 104 valence electrons. The number of halogens is 1. The summed E-state index contributed by atoms with van der Waals surface area (Å²) in [6, 6.07) is 4.09. The molecule has 1 saturated heterocycles. The van der Waals surface area contributed by atoms with E-state index in [0.717, 1.165) is 13.1 Å². The van der Waals surface area contributed by atoms with E-state index in [4.69, 9.17) is 0 Å². The number of hydrogen-bond donors (Lipinski definition) is 2. The number of piperidine rings is 1. The number of nitrogens with zero attached hydrogens (tertiary/aromatic N) is 1. The quantitative estimate of drug-likeness (QED) is 0.745. The van der Waals surface area contributed by atoms with Gasteiger partial charge in [-0.3, -0.25) is 0 Å². The second kappa shape index (κ2) is 4.16. The minimum Gasteiger partial charge on any atom is -0.363 e. The van der Waals surface area contributed by atoms with Gasteiger partial charge in [0.05, 0.1) is 5.69 Å². The third kappa shape index (κ3) is 2.11. The number of nitrogens with one attached hydrogen (secondary N) is 2. The first-order chi connectivity index (χ1) is 8.92. The number of anilines is 1. The molecule has 2 aliphatic rings. The molecular weight excluding hydrogens is 269 g/mol. The van der Waals surface area contributed by atoms with E-state index in [1.54, 1.807) is 0 Å². The zero-order chi connectivity index (χ0) is 13.7. The van der Waals surface area contributed by atoms with Crippen LogP contribution in [0.25, 0.3) is 0 Å². The molecule has 0 amide bonds. The Morgan fingerprint density at radius 3 is 2.68 bits per heavy atom. The van der Waals surface area contributed by atoms with Gasteiger partial charge in [-0.1, -0.05) is 6.07 Å². The zero-order valence-electron chi connectivity index (χ0n) is 10.6. The minimum atomic E-state index is -3.66. The highest BCUT2D eigenvalue weighted by Crippen LogP contribution is 2.36. The summed E-state index contributed by atoms with van der Waals surface area (Å²) >= 11 is 0. The lowest BCUT2D eigenvalue weighted by Gasteiger charge is -2.44. The molecule has 0 unspecified atom stereocenters. The molecule has 2 heterocycles. The van der Waals surface area contributed by atoms with Crippen molar-refractivity contribution < 1.29 is 12.8 Å². The van der Waals surface area contributed by atoms with Gasteiger partial charge in [0.1, 0.15) is 16.4 Å². The highest BCUT2D eigenvalue weighted by molar-refractivity contribution is 7.89. The summed E-state index contributed by atoms with van der Waals surface area (Å²) in [4.78, 5) is 2.11. The van der Waals surface area contributed by atoms with Gasteiger partial charge < -0.3 is 10.2 Å².